The van der Waals surface area contributed by atoms with Gasteiger partial charge in [-0.2, -0.15) is 15.5 Å². The number of ether oxygens (including phenoxy) is 3. The Labute approximate surface area is 184 Å². The van der Waals surface area contributed by atoms with Gasteiger partial charge in [0.25, 0.3) is 11.8 Å². The monoisotopic (exact) mass is 437 g/mol. The third-order valence-corrected chi connectivity index (χ3v) is 5.41. The molecule has 0 saturated carbocycles. The average molecular weight is 437 g/mol. The van der Waals surface area contributed by atoms with E-state index in [1.54, 1.807) is 44.2 Å². The lowest BCUT2D eigenvalue weighted by Crippen LogP contribution is -2.52. The van der Waals surface area contributed by atoms with E-state index in [9.17, 15) is 14.9 Å². The van der Waals surface area contributed by atoms with E-state index >= 15 is 0 Å². The topological polar surface area (TPSA) is 135 Å². The molecule has 2 N–H and O–H groups in total. The summed E-state index contributed by atoms with van der Waals surface area (Å²) in [6.45, 7) is 4.09. The molecule has 2 fully saturated rings. The maximum absolute atomic E-state index is 12.6. The minimum atomic E-state index is -0.903. The van der Waals surface area contributed by atoms with E-state index in [0.717, 1.165) is 0 Å². The Hall–Kier alpha value is -3.39. The number of carbonyl (C=O) groups is 2. The zero-order chi connectivity index (χ0) is 22.8. The summed E-state index contributed by atoms with van der Waals surface area (Å²) >= 11 is 0. The van der Waals surface area contributed by atoms with Crippen LogP contribution in [0.2, 0.25) is 0 Å². The summed E-state index contributed by atoms with van der Waals surface area (Å²) in [5.41, 5.74) is 0.0625. The normalized spacial score (nSPS) is 25.5. The number of hydrogen-bond acceptors (Lipinski definition) is 8. The van der Waals surface area contributed by atoms with Gasteiger partial charge in [-0.1, -0.05) is 12.1 Å². The molecule has 32 heavy (non-hydrogen) atoms. The molecule has 4 rings (SSSR count). The number of aromatic nitrogens is 2. The van der Waals surface area contributed by atoms with Crippen molar-refractivity contribution >= 4 is 11.8 Å². The second-order valence-electron chi connectivity index (χ2n) is 8.14. The summed E-state index contributed by atoms with van der Waals surface area (Å²) in [7, 11) is 0. The van der Waals surface area contributed by atoms with Gasteiger partial charge in [-0.3, -0.25) is 9.59 Å². The fourth-order valence-electron chi connectivity index (χ4n) is 4.02. The number of carbonyl (C=O) groups excluding carboxylic acids is 2. The predicted octanol–water partition coefficient (Wildman–Crippen LogP) is 0.797. The molecular weight excluding hydrogens is 414 g/mol. The van der Waals surface area contributed by atoms with Crippen molar-refractivity contribution in [3.05, 3.63) is 59.4 Å². The second-order valence-corrected chi connectivity index (χ2v) is 8.14. The molecule has 0 radical (unpaired) electrons. The molecule has 10 heteroatoms. The van der Waals surface area contributed by atoms with Gasteiger partial charge in [0.2, 0.25) is 0 Å². The first-order valence-corrected chi connectivity index (χ1v) is 10.2. The SMILES string of the molecule is CC1(C)O[C@@H]2[C@@H](CNC(=O)c3ccccc3C#N)OC[C@]2(CNC(=O)c2ccnnc2)O1. The van der Waals surface area contributed by atoms with E-state index in [2.05, 4.69) is 20.8 Å². The highest BCUT2D eigenvalue weighted by Crippen LogP contribution is 2.43. The van der Waals surface area contributed by atoms with Gasteiger partial charge >= 0.3 is 0 Å². The van der Waals surface area contributed by atoms with Gasteiger partial charge in [-0.25, -0.2) is 0 Å². The van der Waals surface area contributed by atoms with Gasteiger partial charge in [-0.15, -0.1) is 0 Å². The number of benzene rings is 1. The standard InChI is InChI=1S/C22H23N5O5/c1-21(2)31-18-17(11-24-20(29)16-6-4-3-5-14(16)9-23)30-13-22(18,32-21)12-25-19(28)15-7-8-26-27-10-15/h3-8,10,17-18H,11-13H2,1-2H3,(H,24,29)(H,25,28)/t17-,18-,22+/m1/s1. The minimum Gasteiger partial charge on any atom is -0.370 e. The Morgan fingerprint density at radius 1 is 1.19 bits per heavy atom. The Morgan fingerprint density at radius 2 is 2.00 bits per heavy atom. The van der Waals surface area contributed by atoms with Gasteiger partial charge in [0.05, 0.1) is 48.3 Å². The lowest BCUT2D eigenvalue weighted by Gasteiger charge is -2.27. The third kappa shape index (κ3) is 4.31. The summed E-state index contributed by atoms with van der Waals surface area (Å²) in [5, 5.41) is 22.3. The highest BCUT2D eigenvalue weighted by Gasteiger charge is 2.61. The zero-order valence-corrected chi connectivity index (χ0v) is 17.7. The van der Waals surface area contributed by atoms with E-state index in [-0.39, 0.29) is 31.5 Å². The molecule has 2 aliphatic heterocycles. The molecule has 0 unspecified atom stereocenters. The smallest absolute Gasteiger partial charge is 0.253 e. The van der Waals surface area contributed by atoms with Crippen LogP contribution in [0.1, 0.15) is 40.1 Å². The van der Waals surface area contributed by atoms with Gasteiger partial charge in [0.1, 0.15) is 17.8 Å². The van der Waals surface area contributed by atoms with Gasteiger partial charge < -0.3 is 24.8 Å². The Kier molecular flexibility index (Phi) is 5.88. The van der Waals surface area contributed by atoms with Crippen LogP contribution in [0.25, 0.3) is 0 Å². The van der Waals surface area contributed by atoms with Crippen LogP contribution in [0, 0.1) is 11.3 Å². The fraction of sp³-hybridized carbons (Fsp3) is 0.409. The van der Waals surface area contributed by atoms with Crippen molar-refractivity contribution in [2.45, 2.75) is 37.4 Å². The molecule has 2 aromatic rings. The molecule has 1 aromatic heterocycles. The highest BCUT2D eigenvalue weighted by molar-refractivity contribution is 5.96. The molecule has 166 valence electrons. The lowest BCUT2D eigenvalue weighted by molar-refractivity contribution is -0.188. The first kappa shape index (κ1) is 21.8. The van der Waals surface area contributed by atoms with Crippen molar-refractivity contribution < 1.29 is 23.8 Å². The highest BCUT2D eigenvalue weighted by atomic mass is 16.8. The third-order valence-electron chi connectivity index (χ3n) is 5.41. The number of nitrogens with zero attached hydrogens (tertiary/aromatic N) is 3. The van der Waals surface area contributed by atoms with Gasteiger partial charge in [-0.05, 0) is 32.0 Å². The van der Waals surface area contributed by atoms with Crippen molar-refractivity contribution in [1.82, 2.24) is 20.8 Å². The van der Waals surface area contributed by atoms with Crippen LogP contribution in [0.3, 0.4) is 0 Å². The van der Waals surface area contributed by atoms with Crippen molar-refractivity contribution in [2.75, 3.05) is 19.7 Å². The second kappa shape index (κ2) is 8.63. The molecule has 10 nitrogen and oxygen atoms in total. The van der Waals surface area contributed by atoms with E-state index in [4.69, 9.17) is 14.2 Å². The minimum absolute atomic E-state index is 0.157. The number of nitrogens with one attached hydrogen (secondary N) is 2. The molecule has 2 aliphatic rings. The Bertz CT molecular complexity index is 1050. The molecule has 1 aromatic carbocycles. The summed E-state index contributed by atoms with van der Waals surface area (Å²) in [4.78, 5) is 25.1. The van der Waals surface area contributed by atoms with E-state index in [1.807, 2.05) is 6.07 Å². The van der Waals surface area contributed by atoms with Crippen LogP contribution >= 0.6 is 0 Å². The fourth-order valence-corrected chi connectivity index (χ4v) is 4.02. The number of nitriles is 1. The average Bonchev–Trinajstić information content (AvgIpc) is 3.26. The van der Waals surface area contributed by atoms with Crippen LogP contribution in [0.4, 0.5) is 0 Å². The Balaban J connectivity index is 1.43. The van der Waals surface area contributed by atoms with Crippen LogP contribution in [0.5, 0.6) is 0 Å². The van der Waals surface area contributed by atoms with E-state index in [1.165, 1.54) is 12.4 Å². The lowest BCUT2D eigenvalue weighted by atomic mass is 9.96. The number of hydrogen-bond donors (Lipinski definition) is 2. The van der Waals surface area contributed by atoms with Crippen LogP contribution in [-0.4, -0.2) is 65.3 Å². The molecular formula is C22H23N5O5. The molecule has 2 saturated heterocycles. The maximum atomic E-state index is 12.6. The van der Waals surface area contributed by atoms with Crippen LogP contribution in [-0.2, 0) is 14.2 Å². The first-order chi connectivity index (χ1) is 15.3. The summed E-state index contributed by atoms with van der Waals surface area (Å²) in [6, 6.07) is 10.2. The van der Waals surface area contributed by atoms with Crippen LogP contribution in [0.15, 0.2) is 42.7 Å². The summed E-state index contributed by atoms with van der Waals surface area (Å²) in [5.74, 6) is -1.57. The van der Waals surface area contributed by atoms with Gasteiger partial charge in [0.15, 0.2) is 5.79 Å². The predicted molar refractivity (Wildman–Crippen MR) is 110 cm³/mol. The molecule has 0 aliphatic carbocycles. The molecule has 0 bridgehead atoms. The summed E-state index contributed by atoms with van der Waals surface area (Å²) < 4.78 is 18.1. The number of amides is 2. The number of fused-ring (bicyclic) bond motifs is 1. The van der Waals surface area contributed by atoms with E-state index in [0.29, 0.717) is 16.7 Å². The van der Waals surface area contributed by atoms with Crippen molar-refractivity contribution in [3.63, 3.8) is 0 Å². The molecule has 3 atom stereocenters. The molecule has 0 spiro atoms. The number of rotatable bonds is 6. The van der Waals surface area contributed by atoms with Crippen molar-refractivity contribution in [1.29, 1.82) is 5.26 Å². The largest absolute Gasteiger partial charge is 0.370 e. The quantitative estimate of drug-likeness (QED) is 0.677. The maximum Gasteiger partial charge on any atom is 0.253 e. The molecule has 3 heterocycles. The van der Waals surface area contributed by atoms with E-state index < -0.39 is 23.6 Å². The Morgan fingerprint density at radius 3 is 2.75 bits per heavy atom. The van der Waals surface area contributed by atoms with Crippen LogP contribution < -0.4 is 10.6 Å². The molecule has 2 amide bonds. The zero-order valence-electron chi connectivity index (χ0n) is 17.7. The van der Waals surface area contributed by atoms with Crippen molar-refractivity contribution in [2.24, 2.45) is 0 Å². The van der Waals surface area contributed by atoms with Crippen molar-refractivity contribution in [3.8, 4) is 6.07 Å². The summed E-state index contributed by atoms with van der Waals surface area (Å²) in [6.07, 6.45) is 1.81. The first-order valence-electron chi connectivity index (χ1n) is 10.2. The van der Waals surface area contributed by atoms with Gasteiger partial charge in [0, 0.05) is 6.54 Å².